The van der Waals surface area contributed by atoms with E-state index >= 15 is 0 Å². The summed E-state index contributed by atoms with van der Waals surface area (Å²) in [5, 5.41) is 18.6. The van der Waals surface area contributed by atoms with Gasteiger partial charge in [0.15, 0.2) is 5.71 Å². The summed E-state index contributed by atoms with van der Waals surface area (Å²) >= 11 is 0. The van der Waals surface area contributed by atoms with Gasteiger partial charge in [0, 0.05) is 19.2 Å². The molecule has 30 heavy (non-hydrogen) atoms. The van der Waals surface area contributed by atoms with E-state index in [1.54, 1.807) is 6.92 Å². The van der Waals surface area contributed by atoms with Crippen LogP contribution in [0.2, 0.25) is 0 Å². The van der Waals surface area contributed by atoms with Crippen LogP contribution in [0.3, 0.4) is 0 Å². The van der Waals surface area contributed by atoms with E-state index in [2.05, 4.69) is 37.1 Å². The molecule has 0 heterocycles. The second-order valence-corrected chi connectivity index (χ2v) is 7.74. The maximum atomic E-state index is 11.1. The van der Waals surface area contributed by atoms with Crippen LogP contribution in [0, 0.1) is 17.8 Å². The van der Waals surface area contributed by atoms with Gasteiger partial charge in [-0.3, -0.25) is 10.2 Å². The van der Waals surface area contributed by atoms with Gasteiger partial charge in [-0.2, -0.15) is 0 Å². The van der Waals surface area contributed by atoms with Gasteiger partial charge in [0.25, 0.3) is 0 Å². The summed E-state index contributed by atoms with van der Waals surface area (Å²) in [4.78, 5) is 11.1. The van der Waals surface area contributed by atoms with Crippen LogP contribution >= 0.6 is 0 Å². The molecule has 0 amide bonds. The van der Waals surface area contributed by atoms with Crippen molar-refractivity contribution in [3.63, 3.8) is 0 Å². The maximum Gasteiger partial charge on any atom is 0.304 e. The van der Waals surface area contributed by atoms with E-state index in [9.17, 15) is 4.79 Å². The number of rotatable bonds is 10. The highest BCUT2D eigenvalue weighted by Gasteiger charge is 2.13. The first-order chi connectivity index (χ1) is 14.3. The summed E-state index contributed by atoms with van der Waals surface area (Å²) in [5.41, 5.74) is 4.70. The molecule has 2 aromatic carbocycles. The Morgan fingerprint density at radius 1 is 1.20 bits per heavy atom. The summed E-state index contributed by atoms with van der Waals surface area (Å²) < 4.78 is 5.93. The van der Waals surface area contributed by atoms with Crippen molar-refractivity contribution < 1.29 is 20.0 Å². The van der Waals surface area contributed by atoms with Gasteiger partial charge < -0.3 is 15.2 Å². The Balaban J connectivity index is 2.09. The Kier molecular flexibility index (Phi) is 8.49. The fourth-order valence-corrected chi connectivity index (χ4v) is 3.05. The number of carbonyl (C=O) groups is 1. The van der Waals surface area contributed by atoms with Crippen molar-refractivity contribution in [2.24, 2.45) is 5.92 Å². The summed E-state index contributed by atoms with van der Waals surface area (Å²) in [6.07, 6.45) is -0.0167. The van der Waals surface area contributed by atoms with E-state index in [-0.39, 0.29) is 12.3 Å². The number of nitrogens with two attached hydrogens (primary N) is 1. The van der Waals surface area contributed by atoms with Crippen molar-refractivity contribution in [1.82, 2.24) is 0 Å². The summed E-state index contributed by atoms with van der Waals surface area (Å²) in [6.45, 7) is 9.22. The number of aliphatic carboxylic acids is 1. The first-order valence-electron chi connectivity index (χ1n) is 10.1. The predicted octanol–water partition coefficient (Wildman–Crippen LogP) is 3.48. The molecule has 0 radical (unpaired) electrons. The number of hydrogen-bond donors (Lipinski definition) is 3. The Morgan fingerprint density at radius 2 is 1.90 bits per heavy atom. The van der Waals surface area contributed by atoms with Crippen LogP contribution in [-0.4, -0.2) is 23.3 Å². The lowest BCUT2D eigenvalue weighted by Gasteiger charge is -2.14. The highest BCUT2D eigenvalue weighted by Crippen LogP contribution is 2.24. The Bertz CT molecular complexity index is 937. The average molecular weight is 408 g/mol. The number of nitrogens with one attached hydrogen (secondary N) is 1. The lowest BCUT2D eigenvalue weighted by atomic mass is 9.96. The molecule has 0 aliphatic heterocycles. The van der Waals surface area contributed by atoms with Gasteiger partial charge in [0.1, 0.15) is 12.4 Å². The van der Waals surface area contributed by atoms with Gasteiger partial charge >= 0.3 is 5.97 Å². The highest BCUT2D eigenvalue weighted by molar-refractivity contribution is 5.99. The van der Waals surface area contributed by atoms with Crippen molar-refractivity contribution in [3.8, 4) is 17.6 Å². The topological polar surface area (TPSA) is 84.2 Å². The van der Waals surface area contributed by atoms with E-state index in [0.717, 1.165) is 40.4 Å². The predicted molar refractivity (Wildman–Crippen MR) is 121 cm³/mol. The molecule has 0 spiro atoms. The molecule has 0 aliphatic carbocycles. The lowest BCUT2D eigenvalue weighted by molar-refractivity contribution is -0.137. The molecule has 0 fully saturated rings. The molecule has 5 heteroatoms. The van der Waals surface area contributed by atoms with Crippen LogP contribution in [0.5, 0.6) is 5.75 Å². The SMILES string of the molecule is CC#C[C@@H](CC(=O)O)c1ccc(OCc2ccc(C(C)=[NH2+])c(NCC(C)C)c2)cc1. The molecule has 158 valence electrons. The van der Waals surface area contributed by atoms with Crippen molar-refractivity contribution >= 4 is 17.4 Å². The van der Waals surface area contributed by atoms with Crippen LogP contribution in [-0.2, 0) is 11.4 Å². The molecule has 2 aromatic rings. The van der Waals surface area contributed by atoms with Crippen molar-refractivity contribution in [1.29, 1.82) is 0 Å². The fraction of sp³-hybridized carbons (Fsp3) is 0.360. The number of ether oxygens (including phenoxy) is 1. The largest absolute Gasteiger partial charge is 0.489 e. The van der Waals surface area contributed by atoms with Crippen LogP contribution in [0.15, 0.2) is 42.5 Å². The third-order valence-corrected chi connectivity index (χ3v) is 4.59. The number of carboxylic acids is 1. The molecule has 0 aliphatic rings. The Labute approximate surface area is 179 Å². The van der Waals surface area contributed by atoms with Crippen LogP contribution in [0.4, 0.5) is 5.69 Å². The van der Waals surface area contributed by atoms with Crippen LogP contribution in [0.25, 0.3) is 0 Å². The van der Waals surface area contributed by atoms with E-state index in [4.69, 9.17) is 15.3 Å². The molecular weight excluding hydrogens is 376 g/mol. The van der Waals surface area contributed by atoms with E-state index in [1.807, 2.05) is 43.3 Å². The van der Waals surface area contributed by atoms with Crippen LogP contribution in [0.1, 0.15) is 56.7 Å². The quantitative estimate of drug-likeness (QED) is 0.416. The van der Waals surface area contributed by atoms with Gasteiger partial charge in [-0.25, -0.2) is 0 Å². The zero-order valence-corrected chi connectivity index (χ0v) is 18.2. The third kappa shape index (κ3) is 6.97. The van der Waals surface area contributed by atoms with Crippen LogP contribution < -0.4 is 15.5 Å². The smallest absolute Gasteiger partial charge is 0.304 e. The number of hydrogen-bond acceptors (Lipinski definition) is 3. The van der Waals surface area contributed by atoms with E-state index in [1.165, 1.54) is 0 Å². The van der Waals surface area contributed by atoms with Crippen molar-refractivity contribution in [2.45, 2.75) is 46.6 Å². The molecule has 0 bridgehead atoms. The third-order valence-electron chi connectivity index (χ3n) is 4.59. The van der Waals surface area contributed by atoms with Crippen molar-refractivity contribution in [3.05, 3.63) is 59.2 Å². The molecule has 0 aromatic heterocycles. The van der Waals surface area contributed by atoms with E-state index in [0.29, 0.717) is 12.5 Å². The molecular formula is C25H31N2O3+. The molecule has 0 unspecified atom stereocenters. The van der Waals surface area contributed by atoms with Gasteiger partial charge in [0.05, 0.1) is 17.9 Å². The summed E-state index contributed by atoms with van der Waals surface area (Å²) in [6, 6.07) is 13.6. The first-order valence-corrected chi connectivity index (χ1v) is 10.1. The molecule has 0 saturated carbocycles. The summed E-state index contributed by atoms with van der Waals surface area (Å²) in [5.74, 6) is 5.83. The fourth-order valence-electron chi connectivity index (χ4n) is 3.05. The minimum atomic E-state index is -0.863. The van der Waals surface area contributed by atoms with Gasteiger partial charge in [-0.15, -0.1) is 5.92 Å². The zero-order valence-electron chi connectivity index (χ0n) is 18.2. The Morgan fingerprint density at radius 3 is 2.47 bits per heavy atom. The molecule has 1 atom stereocenters. The van der Waals surface area contributed by atoms with Gasteiger partial charge in [-0.1, -0.05) is 38.0 Å². The minimum absolute atomic E-state index is 0.0167. The monoisotopic (exact) mass is 407 g/mol. The number of anilines is 1. The van der Waals surface area contributed by atoms with Gasteiger partial charge in [0.2, 0.25) is 0 Å². The summed E-state index contributed by atoms with van der Waals surface area (Å²) in [7, 11) is 0. The van der Waals surface area contributed by atoms with Gasteiger partial charge in [-0.05, 0) is 48.2 Å². The highest BCUT2D eigenvalue weighted by atomic mass is 16.5. The van der Waals surface area contributed by atoms with Crippen molar-refractivity contribution in [2.75, 3.05) is 11.9 Å². The molecule has 2 rings (SSSR count). The number of carboxylic acid groups (broad SMARTS) is 1. The normalized spacial score (nSPS) is 11.4. The molecule has 4 N–H and O–H groups in total. The lowest BCUT2D eigenvalue weighted by Crippen LogP contribution is -2.38. The average Bonchev–Trinajstić information content (AvgIpc) is 2.70. The molecule has 0 saturated heterocycles. The maximum absolute atomic E-state index is 11.1. The second-order valence-electron chi connectivity index (χ2n) is 7.74. The zero-order chi connectivity index (χ0) is 22.1. The second kappa shape index (κ2) is 11.1. The minimum Gasteiger partial charge on any atom is -0.489 e. The number of benzene rings is 2. The van der Waals surface area contributed by atoms with E-state index < -0.39 is 5.97 Å². The Hall–Kier alpha value is -3.26. The molecule has 5 nitrogen and oxygen atoms in total. The first kappa shape index (κ1) is 23.0. The standard InChI is InChI=1S/C25H30N2O3/c1-5-6-21(14-25(28)29)20-8-10-22(11-9-20)30-16-19-7-12-23(18(4)26)24(13-19)27-15-17(2)3/h7-13,17,21,26-27H,14-16H2,1-4H3,(H,28,29)/p+1/t21-/m0/s1.